The van der Waals surface area contributed by atoms with Crippen LogP contribution in [0.2, 0.25) is 0 Å². The first-order chi connectivity index (χ1) is 7.41. The molecule has 0 saturated carbocycles. The molecule has 0 aliphatic carbocycles. The van der Waals surface area contributed by atoms with E-state index in [2.05, 4.69) is 6.92 Å². The minimum atomic E-state index is -1.03. The van der Waals surface area contributed by atoms with Gasteiger partial charge < -0.3 is 15.7 Å². The Morgan fingerprint density at radius 3 is 2.62 bits per heavy atom. The van der Waals surface area contributed by atoms with Gasteiger partial charge in [0.2, 0.25) is 5.91 Å². The largest absolute Gasteiger partial charge is 0.481 e. The fraction of sp³-hybridized carbons (Fsp3) is 0.818. The summed E-state index contributed by atoms with van der Waals surface area (Å²) in [6.07, 6.45) is 1.78. The number of rotatable bonds is 3. The Hall–Kier alpha value is -1.10. The molecule has 3 unspecified atom stereocenters. The molecule has 0 aromatic rings. The van der Waals surface area contributed by atoms with Crippen molar-refractivity contribution in [3.05, 3.63) is 0 Å². The number of hydrogen-bond acceptors (Lipinski definition) is 3. The zero-order valence-corrected chi connectivity index (χ0v) is 9.85. The summed E-state index contributed by atoms with van der Waals surface area (Å²) in [5.74, 6) is -0.794. The second kappa shape index (κ2) is 5.30. The Bertz CT molecular complexity index is 280. The molecule has 1 saturated heterocycles. The molecule has 0 aromatic heterocycles. The lowest BCUT2D eigenvalue weighted by Crippen LogP contribution is -2.52. The summed E-state index contributed by atoms with van der Waals surface area (Å²) in [7, 11) is 0. The lowest BCUT2D eigenvalue weighted by molar-refractivity contribution is -0.143. The van der Waals surface area contributed by atoms with Gasteiger partial charge in [-0.3, -0.25) is 9.59 Å². The first-order valence-corrected chi connectivity index (χ1v) is 5.69. The number of likely N-dealkylation sites (tertiary alicyclic amines) is 1. The molecule has 3 N–H and O–H groups in total. The third kappa shape index (κ3) is 3.20. The summed E-state index contributed by atoms with van der Waals surface area (Å²) in [5.41, 5.74) is 5.58. The van der Waals surface area contributed by atoms with Gasteiger partial charge in [0, 0.05) is 12.6 Å². The van der Waals surface area contributed by atoms with Crippen molar-refractivity contribution in [2.75, 3.05) is 6.54 Å². The number of nitrogens with zero attached hydrogens (tertiary/aromatic N) is 1. The molecule has 16 heavy (non-hydrogen) atoms. The third-order valence-corrected chi connectivity index (χ3v) is 3.11. The van der Waals surface area contributed by atoms with Crippen molar-refractivity contribution in [1.29, 1.82) is 0 Å². The van der Waals surface area contributed by atoms with Gasteiger partial charge in [-0.15, -0.1) is 0 Å². The Labute approximate surface area is 95.6 Å². The van der Waals surface area contributed by atoms with Crippen molar-refractivity contribution in [2.24, 2.45) is 11.7 Å². The molecule has 1 aliphatic rings. The average molecular weight is 228 g/mol. The molecule has 5 heteroatoms. The van der Waals surface area contributed by atoms with E-state index in [1.165, 1.54) is 0 Å². The van der Waals surface area contributed by atoms with E-state index in [0.717, 1.165) is 12.8 Å². The number of nitrogens with two attached hydrogens (primary N) is 1. The lowest BCUT2D eigenvalue weighted by Gasteiger charge is -2.38. The van der Waals surface area contributed by atoms with Crippen molar-refractivity contribution in [2.45, 2.75) is 45.2 Å². The molecule has 0 spiro atoms. The fourth-order valence-corrected chi connectivity index (χ4v) is 2.08. The maximum absolute atomic E-state index is 11.9. The van der Waals surface area contributed by atoms with Crippen molar-refractivity contribution >= 4 is 11.9 Å². The highest BCUT2D eigenvalue weighted by Crippen LogP contribution is 2.22. The highest BCUT2D eigenvalue weighted by Gasteiger charge is 2.30. The topological polar surface area (TPSA) is 83.6 Å². The molecule has 1 heterocycles. The Balaban J connectivity index is 2.60. The van der Waals surface area contributed by atoms with Crippen LogP contribution in [0.25, 0.3) is 0 Å². The zero-order valence-electron chi connectivity index (χ0n) is 9.85. The van der Waals surface area contributed by atoms with Gasteiger partial charge in [-0.05, 0) is 25.7 Å². The quantitative estimate of drug-likeness (QED) is 0.734. The Kier molecular flexibility index (Phi) is 4.29. The number of aliphatic carboxylic acids is 1. The predicted octanol–water partition coefficient (Wildman–Crippen LogP) is 0.435. The summed E-state index contributed by atoms with van der Waals surface area (Å²) >= 11 is 0. The van der Waals surface area contributed by atoms with E-state index < -0.39 is 12.0 Å². The van der Waals surface area contributed by atoms with Gasteiger partial charge in [0.1, 0.15) is 0 Å². The van der Waals surface area contributed by atoms with Crippen LogP contribution in [0.1, 0.15) is 33.1 Å². The molecule has 1 amide bonds. The van der Waals surface area contributed by atoms with E-state index in [4.69, 9.17) is 10.8 Å². The van der Waals surface area contributed by atoms with Crippen molar-refractivity contribution in [1.82, 2.24) is 4.90 Å². The van der Waals surface area contributed by atoms with Crippen molar-refractivity contribution in [3.8, 4) is 0 Å². The van der Waals surface area contributed by atoms with E-state index in [9.17, 15) is 9.59 Å². The number of carboxylic acids is 1. The van der Waals surface area contributed by atoms with Crippen LogP contribution in [-0.4, -0.2) is 40.5 Å². The number of amides is 1. The van der Waals surface area contributed by atoms with E-state index in [1.807, 2.05) is 6.92 Å². The highest BCUT2D eigenvalue weighted by molar-refractivity contribution is 5.86. The molecule has 0 aromatic carbocycles. The van der Waals surface area contributed by atoms with Gasteiger partial charge in [-0.2, -0.15) is 0 Å². The standard InChI is InChI=1S/C11H20N2O3/c1-7-3-4-8(2)13(6-7)11(16)9(12)5-10(14)15/h7-9H,3-6,12H2,1-2H3,(H,14,15). The maximum Gasteiger partial charge on any atom is 0.305 e. The molecule has 0 bridgehead atoms. The van der Waals surface area contributed by atoms with Crippen LogP contribution in [0.5, 0.6) is 0 Å². The van der Waals surface area contributed by atoms with Gasteiger partial charge in [-0.1, -0.05) is 6.92 Å². The second-order valence-electron chi connectivity index (χ2n) is 4.73. The summed E-state index contributed by atoms with van der Waals surface area (Å²) in [6, 6.07) is -0.742. The normalized spacial score (nSPS) is 27.6. The molecule has 3 atom stereocenters. The second-order valence-corrected chi connectivity index (χ2v) is 4.73. The smallest absolute Gasteiger partial charge is 0.305 e. The van der Waals surface area contributed by atoms with E-state index in [0.29, 0.717) is 12.5 Å². The van der Waals surface area contributed by atoms with Crippen molar-refractivity contribution < 1.29 is 14.7 Å². The van der Waals surface area contributed by atoms with Crippen LogP contribution >= 0.6 is 0 Å². The van der Waals surface area contributed by atoms with Gasteiger partial charge in [0.25, 0.3) is 0 Å². The van der Waals surface area contributed by atoms with Crippen molar-refractivity contribution in [3.63, 3.8) is 0 Å². The fourth-order valence-electron chi connectivity index (χ4n) is 2.08. The summed E-state index contributed by atoms with van der Waals surface area (Å²) in [5, 5.41) is 8.60. The Morgan fingerprint density at radius 1 is 1.44 bits per heavy atom. The van der Waals surface area contributed by atoms with Gasteiger partial charge in [0.05, 0.1) is 12.5 Å². The molecule has 0 radical (unpaired) electrons. The number of hydrogen-bond donors (Lipinski definition) is 2. The number of carboxylic acid groups (broad SMARTS) is 1. The number of carbonyl (C=O) groups is 2. The minimum absolute atomic E-state index is 0.170. The number of piperidine rings is 1. The van der Waals surface area contributed by atoms with Gasteiger partial charge >= 0.3 is 5.97 Å². The molecular formula is C11H20N2O3. The van der Waals surface area contributed by atoms with Crippen LogP contribution in [0, 0.1) is 5.92 Å². The van der Waals surface area contributed by atoms with E-state index in [-0.39, 0.29) is 18.4 Å². The molecule has 5 nitrogen and oxygen atoms in total. The first-order valence-electron chi connectivity index (χ1n) is 5.69. The van der Waals surface area contributed by atoms with Gasteiger partial charge in [-0.25, -0.2) is 0 Å². The first kappa shape index (κ1) is 13.0. The maximum atomic E-state index is 11.9. The molecule has 1 rings (SSSR count). The number of carbonyl (C=O) groups excluding carboxylic acids is 1. The van der Waals surface area contributed by atoms with Crippen LogP contribution in [0.15, 0.2) is 0 Å². The zero-order chi connectivity index (χ0) is 12.3. The summed E-state index contributed by atoms with van der Waals surface area (Å²) < 4.78 is 0. The lowest BCUT2D eigenvalue weighted by atomic mass is 9.94. The summed E-state index contributed by atoms with van der Waals surface area (Å²) in [6.45, 7) is 4.76. The monoisotopic (exact) mass is 228 g/mol. The highest BCUT2D eigenvalue weighted by atomic mass is 16.4. The molecule has 1 aliphatic heterocycles. The Morgan fingerprint density at radius 2 is 2.06 bits per heavy atom. The molecular weight excluding hydrogens is 208 g/mol. The van der Waals surface area contributed by atoms with Crippen LogP contribution in [-0.2, 0) is 9.59 Å². The van der Waals surface area contributed by atoms with Crippen LogP contribution in [0.4, 0.5) is 0 Å². The third-order valence-electron chi connectivity index (χ3n) is 3.11. The van der Waals surface area contributed by atoms with Crippen LogP contribution < -0.4 is 5.73 Å². The molecule has 1 fully saturated rings. The van der Waals surface area contributed by atoms with Crippen LogP contribution in [0.3, 0.4) is 0 Å². The van der Waals surface area contributed by atoms with Gasteiger partial charge in [0.15, 0.2) is 0 Å². The minimum Gasteiger partial charge on any atom is -0.481 e. The van der Waals surface area contributed by atoms with E-state index >= 15 is 0 Å². The predicted molar refractivity (Wildman–Crippen MR) is 59.8 cm³/mol. The van der Waals surface area contributed by atoms with E-state index in [1.54, 1.807) is 4.90 Å². The molecule has 92 valence electrons. The average Bonchev–Trinajstić information content (AvgIpc) is 2.19. The summed E-state index contributed by atoms with van der Waals surface area (Å²) in [4.78, 5) is 24.1. The SMILES string of the molecule is CC1CCC(C)N(C(=O)C(N)CC(=O)O)C1.